The molecule has 1 saturated carbocycles. The molecule has 0 radical (unpaired) electrons. The summed E-state index contributed by atoms with van der Waals surface area (Å²) < 4.78 is 1.80. The van der Waals surface area contributed by atoms with E-state index in [4.69, 9.17) is 22.4 Å². The van der Waals surface area contributed by atoms with Crippen molar-refractivity contribution in [3.8, 4) is 6.07 Å². The van der Waals surface area contributed by atoms with E-state index in [1.54, 1.807) is 22.4 Å². The van der Waals surface area contributed by atoms with Crippen LogP contribution in [0.3, 0.4) is 0 Å². The van der Waals surface area contributed by atoms with Crippen LogP contribution in [0.2, 0.25) is 5.02 Å². The number of benzene rings is 1. The largest absolute Gasteiger partial charge is 0.296 e. The first-order valence-electron chi connectivity index (χ1n) is 9.63. The van der Waals surface area contributed by atoms with Crippen molar-refractivity contribution in [3.63, 3.8) is 0 Å². The molecule has 154 valence electrons. The standard InChI is InChI=1S/C20H16ClN5S2.C2H6/c21-15-8-14(27-11-13-4-2-1-3-5-13)10-26-16(9-25-18(15)26)17(23)28-19(24)20(12-22)6-7-20;1-2/h1-5,8-10,23-24H,6-7,11H2;1-2H3. The van der Waals surface area contributed by atoms with Gasteiger partial charge in [0.25, 0.3) is 0 Å². The van der Waals surface area contributed by atoms with Crippen LogP contribution in [0, 0.1) is 27.6 Å². The van der Waals surface area contributed by atoms with Crippen LogP contribution < -0.4 is 0 Å². The monoisotopic (exact) mass is 455 g/mol. The van der Waals surface area contributed by atoms with Gasteiger partial charge in [0.15, 0.2) is 5.65 Å². The number of imidazole rings is 1. The minimum Gasteiger partial charge on any atom is -0.296 e. The van der Waals surface area contributed by atoms with Gasteiger partial charge in [-0.05, 0) is 24.5 Å². The van der Waals surface area contributed by atoms with Gasteiger partial charge in [-0.15, -0.1) is 11.8 Å². The summed E-state index contributed by atoms with van der Waals surface area (Å²) in [4.78, 5) is 5.31. The molecule has 4 rings (SSSR count). The van der Waals surface area contributed by atoms with E-state index in [1.807, 2.05) is 44.3 Å². The molecule has 5 nitrogen and oxygen atoms in total. The van der Waals surface area contributed by atoms with Gasteiger partial charge in [-0.2, -0.15) is 5.26 Å². The van der Waals surface area contributed by atoms with E-state index in [1.165, 1.54) is 5.56 Å². The Morgan fingerprint density at radius 2 is 1.97 bits per heavy atom. The van der Waals surface area contributed by atoms with Crippen LogP contribution in [-0.4, -0.2) is 19.5 Å². The SMILES string of the molecule is CC.N#CC1(C(=N)SC(=N)c2cnc3c(Cl)cc(SCc4ccccc4)cn23)CC1. The molecule has 8 heteroatoms. The molecule has 30 heavy (non-hydrogen) atoms. The third kappa shape index (κ3) is 4.72. The maximum atomic E-state index is 9.26. The number of nitriles is 1. The molecular weight excluding hydrogens is 434 g/mol. The highest BCUT2D eigenvalue weighted by Crippen LogP contribution is 2.49. The van der Waals surface area contributed by atoms with Gasteiger partial charge in [-0.25, -0.2) is 4.98 Å². The fourth-order valence-corrected chi connectivity index (χ4v) is 4.91. The lowest BCUT2D eigenvalue weighted by atomic mass is 10.2. The summed E-state index contributed by atoms with van der Waals surface area (Å²) in [6.45, 7) is 4.00. The third-order valence-corrected chi connectivity index (χ3v) is 6.94. The lowest BCUT2D eigenvalue weighted by molar-refractivity contribution is 0.948. The highest BCUT2D eigenvalue weighted by Gasteiger charge is 2.48. The average molecular weight is 456 g/mol. The number of fused-ring (bicyclic) bond motifs is 1. The fourth-order valence-electron chi connectivity index (χ4n) is 2.78. The van der Waals surface area contributed by atoms with Crippen molar-refractivity contribution in [2.75, 3.05) is 0 Å². The van der Waals surface area contributed by atoms with Crippen LogP contribution >= 0.6 is 35.1 Å². The minimum absolute atomic E-state index is 0.195. The first-order valence-corrected chi connectivity index (χ1v) is 11.8. The van der Waals surface area contributed by atoms with Crippen molar-refractivity contribution in [2.24, 2.45) is 5.41 Å². The summed E-state index contributed by atoms with van der Waals surface area (Å²) in [6.07, 6.45) is 4.91. The van der Waals surface area contributed by atoms with Gasteiger partial charge in [0.05, 0.1) is 28.0 Å². The highest BCUT2D eigenvalue weighted by molar-refractivity contribution is 8.26. The topological polar surface area (TPSA) is 88.8 Å². The van der Waals surface area contributed by atoms with Gasteiger partial charge in [-0.1, -0.05) is 67.5 Å². The van der Waals surface area contributed by atoms with Crippen molar-refractivity contribution in [3.05, 3.63) is 65.1 Å². The van der Waals surface area contributed by atoms with Crippen molar-refractivity contribution in [2.45, 2.75) is 37.3 Å². The molecule has 1 aliphatic rings. The minimum atomic E-state index is -0.689. The maximum absolute atomic E-state index is 9.26. The third-order valence-electron chi connectivity index (χ3n) is 4.62. The zero-order valence-corrected chi connectivity index (χ0v) is 19.2. The average Bonchev–Trinajstić information content (AvgIpc) is 3.46. The number of aromatic nitrogens is 2. The van der Waals surface area contributed by atoms with Crippen LogP contribution in [0.5, 0.6) is 0 Å². The van der Waals surface area contributed by atoms with E-state index in [9.17, 15) is 5.26 Å². The lowest BCUT2D eigenvalue weighted by Crippen LogP contribution is -2.12. The number of nitrogens with one attached hydrogen (secondary N) is 2. The number of pyridine rings is 1. The molecule has 0 bridgehead atoms. The second-order valence-corrected chi connectivity index (χ2v) is 9.07. The Morgan fingerprint density at radius 3 is 2.60 bits per heavy atom. The zero-order valence-electron chi connectivity index (χ0n) is 16.8. The van der Waals surface area contributed by atoms with E-state index in [-0.39, 0.29) is 10.1 Å². The van der Waals surface area contributed by atoms with E-state index in [0.29, 0.717) is 29.2 Å². The van der Waals surface area contributed by atoms with Gasteiger partial charge in [0, 0.05) is 16.8 Å². The van der Waals surface area contributed by atoms with E-state index < -0.39 is 5.41 Å². The fraction of sp³-hybridized carbons (Fsp3) is 0.273. The first kappa shape index (κ1) is 22.4. The number of hydrogen-bond acceptors (Lipinski definition) is 6. The number of rotatable bonds is 5. The molecule has 0 aliphatic heterocycles. The molecule has 0 atom stereocenters. The van der Waals surface area contributed by atoms with Crippen molar-refractivity contribution in [1.82, 2.24) is 9.38 Å². The summed E-state index contributed by atoms with van der Waals surface area (Å²) in [7, 11) is 0. The molecule has 1 aromatic carbocycles. The molecular formula is C22H22ClN5S2. The summed E-state index contributed by atoms with van der Waals surface area (Å²) in [5.74, 6) is 0.814. The van der Waals surface area contributed by atoms with Gasteiger partial charge in [0.2, 0.25) is 0 Å². The first-order chi connectivity index (χ1) is 14.5. The molecule has 0 saturated heterocycles. The second kappa shape index (κ2) is 9.69. The molecule has 2 aromatic heterocycles. The number of hydrogen-bond donors (Lipinski definition) is 2. The smallest absolute Gasteiger partial charge is 0.156 e. The molecule has 1 fully saturated rings. The predicted molar refractivity (Wildman–Crippen MR) is 127 cm³/mol. The summed E-state index contributed by atoms with van der Waals surface area (Å²) in [6, 6.07) is 14.3. The Morgan fingerprint density at radius 1 is 1.27 bits per heavy atom. The van der Waals surface area contributed by atoms with E-state index in [2.05, 4.69) is 23.2 Å². The number of thioether (sulfide) groups is 2. The summed E-state index contributed by atoms with van der Waals surface area (Å²) >= 11 is 9.10. The predicted octanol–water partition coefficient (Wildman–Crippen LogP) is 6.65. The molecule has 0 unspecified atom stereocenters. The Balaban J connectivity index is 0.00000124. The number of halogens is 1. The molecule has 1 aliphatic carbocycles. The second-order valence-electron chi connectivity index (χ2n) is 6.59. The molecule has 2 heterocycles. The van der Waals surface area contributed by atoms with Crippen LogP contribution in [-0.2, 0) is 5.75 Å². The highest BCUT2D eigenvalue weighted by atomic mass is 35.5. The van der Waals surface area contributed by atoms with Crippen LogP contribution in [0.1, 0.15) is 37.9 Å². The molecule has 3 aromatic rings. The Kier molecular flexibility index (Phi) is 7.24. The normalized spacial score (nSPS) is 13.8. The summed E-state index contributed by atoms with van der Waals surface area (Å²) in [5.41, 5.74) is 1.69. The van der Waals surface area contributed by atoms with Gasteiger partial charge in [0.1, 0.15) is 10.5 Å². The van der Waals surface area contributed by atoms with Gasteiger partial charge >= 0.3 is 0 Å². The molecule has 2 N–H and O–H groups in total. The quantitative estimate of drug-likeness (QED) is 0.256. The molecule has 0 spiro atoms. The Hall–Kier alpha value is -2.27. The summed E-state index contributed by atoms with van der Waals surface area (Å²) in [5, 5.41) is 26.8. The maximum Gasteiger partial charge on any atom is 0.156 e. The van der Waals surface area contributed by atoms with E-state index in [0.717, 1.165) is 22.4 Å². The van der Waals surface area contributed by atoms with Crippen LogP contribution in [0.4, 0.5) is 0 Å². The molecule has 0 amide bonds. The van der Waals surface area contributed by atoms with Gasteiger partial charge in [-0.3, -0.25) is 15.2 Å². The van der Waals surface area contributed by atoms with Crippen molar-refractivity contribution < 1.29 is 0 Å². The Labute approximate surface area is 189 Å². The van der Waals surface area contributed by atoms with Crippen molar-refractivity contribution >= 4 is 50.9 Å². The van der Waals surface area contributed by atoms with Crippen LogP contribution in [0.15, 0.2) is 53.7 Å². The Bertz CT molecular complexity index is 1110. The van der Waals surface area contributed by atoms with Crippen LogP contribution in [0.25, 0.3) is 5.65 Å². The van der Waals surface area contributed by atoms with E-state index >= 15 is 0 Å². The van der Waals surface area contributed by atoms with Crippen molar-refractivity contribution in [1.29, 1.82) is 16.1 Å². The number of nitrogens with zero attached hydrogens (tertiary/aromatic N) is 3. The zero-order chi connectivity index (χ0) is 21.7. The lowest BCUT2D eigenvalue weighted by Gasteiger charge is -2.10. The van der Waals surface area contributed by atoms with Gasteiger partial charge < -0.3 is 0 Å².